The maximum absolute atomic E-state index is 10.3. The number of benzene rings is 2. The molecule has 0 radical (unpaired) electrons. The zero-order chi connectivity index (χ0) is 18.0. The zero-order valence-corrected chi connectivity index (χ0v) is 15.1. The van der Waals surface area contributed by atoms with Crippen LogP contribution in [0.1, 0.15) is 22.7 Å². The van der Waals surface area contributed by atoms with Crippen molar-refractivity contribution in [3.8, 4) is 39.9 Å². The highest BCUT2D eigenvalue weighted by Gasteiger charge is 2.41. The Balaban J connectivity index is 1.88. The van der Waals surface area contributed by atoms with Gasteiger partial charge in [-0.05, 0) is 48.7 Å². The van der Waals surface area contributed by atoms with E-state index in [1.165, 1.54) is 11.1 Å². The van der Waals surface area contributed by atoms with E-state index in [2.05, 4.69) is 11.9 Å². The van der Waals surface area contributed by atoms with Crippen LogP contribution in [0.5, 0.6) is 28.7 Å². The van der Waals surface area contributed by atoms with Crippen molar-refractivity contribution >= 4 is 0 Å². The van der Waals surface area contributed by atoms with Crippen LogP contribution in [0.25, 0.3) is 11.1 Å². The first-order chi connectivity index (χ1) is 12.6. The Hall–Kier alpha value is -2.60. The SMILES string of the molecule is COc1cc2c(cc1O)C[C@H]1c3c(c(OC)c4c(c3-2)OCO4)CCN1C. The number of nitrogens with zero attached hydrogens (tertiary/aromatic N) is 1. The minimum atomic E-state index is 0.163. The van der Waals surface area contributed by atoms with E-state index in [-0.39, 0.29) is 18.6 Å². The Morgan fingerprint density at radius 2 is 1.96 bits per heavy atom. The number of likely N-dealkylation sites (N-methyl/N-ethyl adjacent to an activating group) is 1. The number of phenols is 1. The number of hydrogen-bond donors (Lipinski definition) is 1. The summed E-state index contributed by atoms with van der Waals surface area (Å²) in [6, 6.07) is 3.93. The van der Waals surface area contributed by atoms with Gasteiger partial charge in [0.2, 0.25) is 12.5 Å². The fourth-order valence-electron chi connectivity index (χ4n) is 4.57. The molecule has 0 unspecified atom stereocenters. The normalized spacial score (nSPS) is 19.7. The van der Waals surface area contributed by atoms with Gasteiger partial charge in [0.05, 0.1) is 14.2 Å². The van der Waals surface area contributed by atoms with Gasteiger partial charge in [0.1, 0.15) is 0 Å². The van der Waals surface area contributed by atoms with Crippen molar-refractivity contribution in [2.45, 2.75) is 18.9 Å². The molecule has 2 aromatic carbocycles. The van der Waals surface area contributed by atoms with Crippen LogP contribution in [0.15, 0.2) is 12.1 Å². The lowest BCUT2D eigenvalue weighted by molar-refractivity contribution is 0.171. The van der Waals surface area contributed by atoms with Crippen molar-refractivity contribution in [3.05, 3.63) is 28.8 Å². The van der Waals surface area contributed by atoms with Gasteiger partial charge in [-0.3, -0.25) is 4.90 Å². The van der Waals surface area contributed by atoms with E-state index in [1.54, 1.807) is 14.2 Å². The average Bonchev–Trinajstić information content (AvgIpc) is 3.12. The van der Waals surface area contributed by atoms with E-state index in [9.17, 15) is 5.11 Å². The van der Waals surface area contributed by atoms with Gasteiger partial charge < -0.3 is 24.1 Å². The van der Waals surface area contributed by atoms with E-state index in [1.807, 2.05) is 12.1 Å². The molecule has 136 valence electrons. The minimum absolute atomic E-state index is 0.163. The van der Waals surface area contributed by atoms with Crippen molar-refractivity contribution in [1.82, 2.24) is 4.90 Å². The average molecular weight is 355 g/mol. The van der Waals surface area contributed by atoms with E-state index in [4.69, 9.17) is 18.9 Å². The summed E-state index contributed by atoms with van der Waals surface area (Å²) in [5.41, 5.74) is 5.62. The molecular weight excluding hydrogens is 334 g/mol. The molecule has 0 saturated carbocycles. The third-order valence-corrected chi connectivity index (χ3v) is 5.79. The van der Waals surface area contributed by atoms with Crippen LogP contribution in [0.2, 0.25) is 0 Å². The van der Waals surface area contributed by atoms with Gasteiger partial charge in [-0.1, -0.05) is 0 Å². The molecule has 1 atom stereocenters. The number of methoxy groups -OCH3 is 2. The second-order valence-corrected chi connectivity index (χ2v) is 7.00. The summed E-state index contributed by atoms with van der Waals surface area (Å²) in [5.74, 6) is 2.84. The molecule has 6 heteroatoms. The molecule has 0 saturated heterocycles. The maximum atomic E-state index is 10.3. The number of aromatic hydroxyl groups is 1. The first-order valence-electron chi connectivity index (χ1n) is 8.76. The van der Waals surface area contributed by atoms with Gasteiger partial charge in [0, 0.05) is 23.7 Å². The summed E-state index contributed by atoms with van der Waals surface area (Å²) in [5, 5.41) is 10.3. The van der Waals surface area contributed by atoms with Crippen molar-refractivity contribution in [2.75, 3.05) is 34.6 Å². The molecule has 1 aliphatic carbocycles. The van der Waals surface area contributed by atoms with Crippen molar-refractivity contribution in [2.24, 2.45) is 0 Å². The van der Waals surface area contributed by atoms with Gasteiger partial charge in [0.15, 0.2) is 23.0 Å². The molecule has 0 bridgehead atoms. The number of rotatable bonds is 2. The summed E-state index contributed by atoms with van der Waals surface area (Å²) in [4.78, 5) is 2.36. The predicted molar refractivity (Wildman–Crippen MR) is 95.5 cm³/mol. The van der Waals surface area contributed by atoms with E-state index in [0.717, 1.165) is 47.6 Å². The molecule has 2 heterocycles. The predicted octanol–water partition coefficient (Wildman–Crippen LogP) is 2.89. The fraction of sp³-hybridized carbons (Fsp3) is 0.400. The first kappa shape index (κ1) is 15.6. The molecule has 1 N–H and O–H groups in total. The molecular formula is C20H21NO5. The lowest BCUT2D eigenvalue weighted by atomic mass is 9.76. The second kappa shape index (κ2) is 5.45. The summed E-state index contributed by atoms with van der Waals surface area (Å²) in [7, 11) is 5.39. The zero-order valence-electron chi connectivity index (χ0n) is 15.1. The van der Waals surface area contributed by atoms with Crippen LogP contribution in [0, 0.1) is 0 Å². The largest absolute Gasteiger partial charge is 0.504 e. The molecule has 0 spiro atoms. The molecule has 6 nitrogen and oxygen atoms in total. The van der Waals surface area contributed by atoms with Crippen LogP contribution in [-0.4, -0.2) is 44.6 Å². The van der Waals surface area contributed by atoms with Gasteiger partial charge in [-0.25, -0.2) is 0 Å². The van der Waals surface area contributed by atoms with E-state index >= 15 is 0 Å². The van der Waals surface area contributed by atoms with Crippen molar-refractivity contribution in [3.63, 3.8) is 0 Å². The van der Waals surface area contributed by atoms with Crippen LogP contribution in [0.4, 0.5) is 0 Å². The highest BCUT2D eigenvalue weighted by atomic mass is 16.7. The molecule has 26 heavy (non-hydrogen) atoms. The lowest BCUT2D eigenvalue weighted by Gasteiger charge is -2.40. The smallest absolute Gasteiger partial charge is 0.231 e. The van der Waals surface area contributed by atoms with Crippen LogP contribution < -0.4 is 18.9 Å². The highest BCUT2D eigenvalue weighted by molar-refractivity contribution is 5.87. The third kappa shape index (κ3) is 1.90. The van der Waals surface area contributed by atoms with Crippen LogP contribution in [0.3, 0.4) is 0 Å². The number of ether oxygens (including phenoxy) is 4. The van der Waals surface area contributed by atoms with Crippen molar-refractivity contribution < 1.29 is 24.1 Å². The number of fused-ring (bicyclic) bond motifs is 4. The van der Waals surface area contributed by atoms with E-state index < -0.39 is 0 Å². The summed E-state index contributed by atoms with van der Waals surface area (Å²) in [6.07, 6.45) is 1.73. The highest BCUT2D eigenvalue weighted by Crippen LogP contribution is 2.58. The third-order valence-electron chi connectivity index (χ3n) is 5.79. The standard InChI is InChI=1S/C20H21NO5/c1-21-5-4-11-16-13(21)6-10-7-14(22)15(23-2)8-12(10)17(16)19-20(18(11)24-3)26-9-25-19/h7-8,13,22H,4-6,9H2,1-3H3/t13-/m0/s1. The van der Waals surface area contributed by atoms with Gasteiger partial charge in [-0.15, -0.1) is 0 Å². The van der Waals surface area contributed by atoms with E-state index in [0.29, 0.717) is 11.5 Å². The summed E-state index contributed by atoms with van der Waals surface area (Å²) >= 11 is 0. The Kier molecular flexibility index (Phi) is 3.28. The molecule has 0 amide bonds. The Morgan fingerprint density at radius 1 is 1.15 bits per heavy atom. The second-order valence-electron chi connectivity index (χ2n) is 7.00. The minimum Gasteiger partial charge on any atom is -0.504 e. The topological polar surface area (TPSA) is 60.4 Å². The van der Waals surface area contributed by atoms with Gasteiger partial charge >= 0.3 is 0 Å². The Labute approximate surface area is 151 Å². The van der Waals surface area contributed by atoms with Gasteiger partial charge in [-0.2, -0.15) is 0 Å². The van der Waals surface area contributed by atoms with Crippen molar-refractivity contribution in [1.29, 1.82) is 0 Å². The quantitative estimate of drug-likeness (QED) is 0.894. The molecule has 3 aliphatic rings. The Morgan fingerprint density at radius 3 is 2.73 bits per heavy atom. The maximum Gasteiger partial charge on any atom is 0.231 e. The molecule has 0 aromatic heterocycles. The monoisotopic (exact) mass is 355 g/mol. The first-order valence-corrected chi connectivity index (χ1v) is 8.76. The molecule has 0 fully saturated rings. The van der Waals surface area contributed by atoms with Crippen LogP contribution in [-0.2, 0) is 12.8 Å². The fourth-order valence-corrected chi connectivity index (χ4v) is 4.57. The van der Waals surface area contributed by atoms with Gasteiger partial charge in [0.25, 0.3) is 0 Å². The molecule has 2 aliphatic heterocycles. The summed E-state index contributed by atoms with van der Waals surface area (Å²) in [6.45, 7) is 1.14. The number of hydrogen-bond acceptors (Lipinski definition) is 6. The Bertz CT molecular complexity index is 923. The lowest BCUT2D eigenvalue weighted by Crippen LogP contribution is -2.35. The summed E-state index contributed by atoms with van der Waals surface area (Å²) < 4.78 is 22.7. The van der Waals surface area contributed by atoms with Crippen LogP contribution >= 0.6 is 0 Å². The number of phenolic OH excluding ortho intramolecular Hbond substituents is 1. The molecule has 2 aromatic rings. The molecule has 5 rings (SSSR count).